The molecule has 0 aromatic heterocycles. The Morgan fingerprint density at radius 3 is 2.58 bits per heavy atom. The van der Waals surface area contributed by atoms with Crippen LogP contribution in [0.5, 0.6) is 5.75 Å². The Labute approximate surface area is 153 Å². The van der Waals surface area contributed by atoms with E-state index in [-0.39, 0.29) is 24.4 Å². The van der Waals surface area contributed by atoms with Gasteiger partial charge >= 0.3 is 0 Å². The van der Waals surface area contributed by atoms with Crippen molar-refractivity contribution < 1.29 is 9.53 Å². The van der Waals surface area contributed by atoms with Crippen LogP contribution in [0.2, 0.25) is 5.02 Å². The Balaban J connectivity index is 0.00000288. The Morgan fingerprint density at radius 2 is 1.96 bits per heavy atom. The van der Waals surface area contributed by atoms with Crippen LogP contribution in [0.15, 0.2) is 30.3 Å². The lowest BCUT2D eigenvalue weighted by Gasteiger charge is -2.19. The van der Waals surface area contributed by atoms with Gasteiger partial charge in [-0.3, -0.25) is 4.79 Å². The molecule has 24 heavy (non-hydrogen) atoms. The summed E-state index contributed by atoms with van der Waals surface area (Å²) in [5, 5.41) is 3.31. The maximum Gasteiger partial charge on any atom is 0.255 e. The van der Waals surface area contributed by atoms with Gasteiger partial charge in [0.05, 0.1) is 29.4 Å². The normalized spacial score (nSPS) is 11.4. The van der Waals surface area contributed by atoms with E-state index in [9.17, 15) is 4.79 Å². The number of ether oxygens (including phenoxy) is 1. The predicted molar refractivity (Wildman–Crippen MR) is 101 cm³/mol. The third-order valence-electron chi connectivity index (χ3n) is 4.02. The van der Waals surface area contributed by atoms with Crippen molar-refractivity contribution in [3.63, 3.8) is 0 Å². The van der Waals surface area contributed by atoms with Crippen LogP contribution < -0.4 is 15.8 Å². The molecule has 0 heterocycles. The fraction of sp³-hybridized carbons (Fsp3) is 0.278. The van der Waals surface area contributed by atoms with Crippen LogP contribution >= 0.6 is 24.0 Å². The quantitative estimate of drug-likeness (QED) is 0.782. The van der Waals surface area contributed by atoms with Crippen molar-refractivity contribution in [3.8, 4) is 5.75 Å². The van der Waals surface area contributed by atoms with Gasteiger partial charge in [-0.05, 0) is 43.5 Å². The lowest BCUT2D eigenvalue weighted by Crippen LogP contribution is -2.27. The van der Waals surface area contributed by atoms with E-state index in [4.69, 9.17) is 22.1 Å². The molecule has 2 aromatic carbocycles. The zero-order valence-corrected chi connectivity index (χ0v) is 15.7. The van der Waals surface area contributed by atoms with Gasteiger partial charge in [-0.15, -0.1) is 12.4 Å². The zero-order valence-electron chi connectivity index (χ0n) is 14.1. The number of rotatable bonds is 4. The van der Waals surface area contributed by atoms with Crippen LogP contribution in [-0.2, 0) is 0 Å². The van der Waals surface area contributed by atoms with Crippen molar-refractivity contribution in [1.29, 1.82) is 0 Å². The summed E-state index contributed by atoms with van der Waals surface area (Å²) in [7, 11) is 1.49. The number of anilines is 1. The number of aryl methyl sites for hydroxylation is 1. The topological polar surface area (TPSA) is 64.3 Å². The van der Waals surface area contributed by atoms with Crippen molar-refractivity contribution in [2.45, 2.75) is 26.8 Å². The molecule has 2 rings (SSSR count). The van der Waals surface area contributed by atoms with Gasteiger partial charge in [0.25, 0.3) is 5.91 Å². The first-order valence-corrected chi connectivity index (χ1v) is 7.73. The number of methoxy groups -OCH3 is 1. The Bertz CT molecular complexity index is 748. The Morgan fingerprint density at radius 1 is 1.29 bits per heavy atom. The van der Waals surface area contributed by atoms with Crippen molar-refractivity contribution in [1.82, 2.24) is 5.32 Å². The maximum atomic E-state index is 12.6. The van der Waals surface area contributed by atoms with E-state index in [0.717, 1.165) is 5.56 Å². The van der Waals surface area contributed by atoms with Crippen LogP contribution in [0.3, 0.4) is 0 Å². The number of nitrogens with two attached hydrogens (primary N) is 1. The standard InChI is InChI=1S/C18H21ClN2O2.ClH/c1-10-6-5-7-13(11(10)2)12(3)21-18(22)14-8-15(19)16(20)9-17(14)23-4;/h5-9,12H,20H2,1-4H3,(H,21,22);1H. The molecule has 0 aliphatic heterocycles. The number of benzene rings is 2. The molecule has 0 aliphatic rings. The van der Waals surface area contributed by atoms with Gasteiger partial charge in [0.1, 0.15) is 5.75 Å². The Hall–Kier alpha value is -1.91. The number of halogens is 2. The molecule has 0 bridgehead atoms. The molecule has 6 heteroatoms. The van der Waals surface area contributed by atoms with Gasteiger partial charge in [0.15, 0.2) is 0 Å². The third kappa shape index (κ3) is 4.13. The summed E-state index contributed by atoms with van der Waals surface area (Å²) in [6.45, 7) is 6.05. The molecule has 0 aliphatic carbocycles. The fourth-order valence-electron chi connectivity index (χ4n) is 2.51. The highest BCUT2D eigenvalue weighted by Gasteiger charge is 2.18. The van der Waals surface area contributed by atoms with Gasteiger partial charge in [-0.1, -0.05) is 29.8 Å². The largest absolute Gasteiger partial charge is 0.496 e. The van der Waals surface area contributed by atoms with Crippen LogP contribution in [0.25, 0.3) is 0 Å². The fourth-order valence-corrected chi connectivity index (χ4v) is 2.67. The average molecular weight is 369 g/mol. The van der Waals surface area contributed by atoms with Crippen molar-refractivity contribution in [3.05, 3.63) is 57.6 Å². The SMILES string of the molecule is COc1cc(N)c(Cl)cc1C(=O)NC(C)c1cccc(C)c1C.Cl. The van der Waals surface area contributed by atoms with Crippen LogP contribution in [0.4, 0.5) is 5.69 Å². The molecule has 1 atom stereocenters. The smallest absolute Gasteiger partial charge is 0.255 e. The van der Waals surface area contributed by atoms with Crippen molar-refractivity contribution in [2.24, 2.45) is 0 Å². The van der Waals surface area contributed by atoms with Crippen LogP contribution in [0, 0.1) is 13.8 Å². The highest BCUT2D eigenvalue weighted by atomic mass is 35.5. The molecule has 0 radical (unpaired) electrons. The number of carbonyl (C=O) groups is 1. The van der Waals surface area contributed by atoms with Gasteiger partial charge in [0.2, 0.25) is 0 Å². The van der Waals surface area contributed by atoms with Crippen molar-refractivity contribution >= 4 is 35.6 Å². The molecule has 1 amide bonds. The minimum absolute atomic E-state index is 0. The maximum absolute atomic E-state index is 12.6. The van der Waals surface area contributed by atoms with Gasteiger partial charge in [-0.25, -0.2) is 0 Å². The molecule has 2 aromatic rings. The van der Waals surface area contributed by atoms with E-state index < -0.39 is 0 Å². The number of amides is 1. The van der Waals surface area contributed by atoms with Crippen LogP contribution in [0.1, 0.15) is 40.0 Å². The molecule has 1 unspecified atom stereocenters. The molecule has 0 fully saturated rings. The summed E-state index contributed by atoms with van der Waals surface area (Å²) in [6, 6.07) is 9.00. The summed E-state index contributed by atoms with van der Waals surface area (Å²) in [5.74, 6) is 0.148. The average Bonchev–Trinajstić information content (AvgIpc) is 2.51. The second-order valence-corrected chi connectivity index (χ2v) is 5.97. The summed E-state index contributed by atoms with van der Waals surface area (Å²) in [4.78, 5) is 12.6. The van der Waals surface area contributed by atoms with E-state index >= 15 is 0 Å². The molecule has 0 saturated heterocycles. The van der Waals surface area contributed by atoms with E-state index in [0.29, 0.717) is 22.0 Å². The van der Waals surface area contributed by atoms with Gasteiger partial charge < -0.3 is 15.8 Å². The van der Waals surface area contributed by atoms with E-state index in [1.807, 2.05) is 26.0 Å². The number of hydrogen-bond acceptors (Lipinski definition) is 3. The summed E-state index contributed by atoms with van der Waals surface area (Å²) >= 11 is 6.03. The summed E-state index contributed by atoms with van der Waals surface area (Å²) in [5.41, 5.74) is 9.94. The number of nitrogen functional groups attached to an aromatic ring is 1. The highest BCUT2D eigenvalue weighted by Crippen LogP contribution is 2.29. The van der Waals surface area contributed by atoms with Crippen molar-refractivity contribution in [2.75, 3.05) is 12.8 Å². The molecular weight excluding hydrogens is 347 g/mol. The second kappa shape index (κ2) is 8.27. The minimum atomic E-state index is -0.253. The lowest BCUT2D eigenvalue weighted by atomic mass is 9.98. The van der Waals surface area contributed by atoms with Gasteiger partial charge in [0, 0.05) is 6.07 Å². The highest BCUT2D eigenvalue weighted by molar-refractivity contribution is 6.33. The van der Waals surface area contributed by atoms with Crippen LogP contribution in [-0.4, -0.2) is 13.0 Å². The predicted octanol–water partition coefficient (Wildman–Crippen LogP) is 4.46. The van der Waals surface area contributed by atoms with E-state index in [1.54, 1.807) is 6.07 Å². The number of carbonyl (C=O) groups excluding carboxylic acids is 1. The second-order valence-electron chi connectivity index (χ2n) is 5.56. The molecule has 0 spiro atoms. The number of nitrogens with one attached hydrogen (secondary N) is 1. The molecule has 0 saturated carbocycles. The molecule has 3 N–H and O–H groups in total. The molecule has 130 valence electrons. The first-order valence-electron chi connectivity index (χ1n) is 7.35. The summed E-state index contributed by atoms with van der Waals surface area (Å²) < 4.78 is 5.23. The first kappa shape index (κ1) is 20.1. The zero-order chi connectivity index (χ0) is 17.1. The number of hydrogen-bond donors (Lipinski definition) is 2. The Kier molecular flexibility index (Phi) is 6.93. The third-order valence-corrected chi connectivity index (χ3v) is 4.35. The lowest BCUT2D eigenvalue weighted by molar-refractivity contribution is 0.0937. The molecular formula is C18H22Cl2N2O2. The van der Waals surface area contributed by atoms with Gasteiger partial charge in [-0.2, -0.15) is 0 Å². The first-order chi connectivity index (χ1) is 10.8. The monoisotopic (exact) mass is 368 g/mol. The minimum Gasteiger partial charge on any atom is -0.496 e. The summed E-state index contributed by atoms with van der Waals surface area (Å²) in [6.07, 6.45) is 0. The molecule has 4 nitrogen and oxygen atoms in total. The van der Waals surface area contributed by atoms with E-state index in [1.165, 1.54) is 24.3 Å². The van der Waals surface area contributed by atoms with E-state index in [2.05, 4.69) is 18.3 Å².